The number of para-hydroxylation sites is 1. The summed E-state index contributed by atoms with van der Waals surface area (Å²) in [6, 6.07) is 25.9. The molecule has 9 heterocycles. The Balaban J connectivity index is 1.38. The summed E-state index contributed by atoms with van der Waals surface area (Å²) in [5.41, 5.74) is 6.53. The largest absolute Gasteiger partial charge is 0.275 e. The quantitative estimate of drug-likeness (QED) is 0.244. The molecule has 10 aromatic rings. The third-order valence-electron chi connectivity index (χ3n) is 8.24. The average molecular weight is 582 g/mol. The SMILES string of the molecule is c1ccc2c(c1)c1cccnc1n2-c1nc(-n2c3cnccc3c3ncccc32)nc(-n2c3cccnc3c3cccnc32)n1. The standard InChI is InChI=1S/C34H19N11/c1-2-10-24-20(7-1)21-8-3-16-38-30(21)44(24)33-40-32(43-25-11-5-14-36-28(25)22-13-18-35-19-27(22)43)41-34(42-33)45-26-12-6-15-37-29(26)23-9-4-17-39-31(23)45/h1-19H. The van der Waals surface area contributed by atoms with E-state index in [0.717, 1.165) is 60.3 Å². The number of aromatic nitrogens is 11. The predicted octanol–water partition coefficient (Wildman–Crippen LogP) is 6.14. The molecule has 10 rings (SSSR count). The van der Waals surface area contributed by atoms with Crippen molar-refractivity contribution in [2.75, 3.05) is 0 Å². The van der Waals surface area contributed by atoms with E-state index < -0.39 is 0 Å². The summed E-state index contributed by atoms with van der Waals surface area (Å²) in [6.07, 6.45) is 10.7. The summed E-state index contributed by atoms with van der Waals surface area (Å²) in [5.74, 6) is 1.22. The molecule has 0 fully saturated rings. The Morgan fingerprint density at radius 1 is 0.378 bits per heavy atom. The van der Waals surface area contributed by atoms with Crippen molar-refractivity contribution in [1.82, 2.24) is 53.6 Å². The van der Waals surface area contributed by atoms with Gasteiger partial charge in [-0.1, -0.05) is 18.2 Å². The molecular formula is C34H19N11. The Hall–Kier alpha value is -6.62. The fraction of sp³-hybridized carbons (Fsp3) is 0. The molecule has 11 nitrogen and oxygen atoms in total. The maximum atomic E-state index is 5.15. The van der Waals surface area contributed by atoms with Gasteiger partial charge >= 0.3 is 0 Å². The maximum Gasteiger partial charge on any atom is 0.242 e. The normalized spacial score (nSPS) is 12.0. The molecule has 1 aromatic carbocycles. The first-order chi connectivity index (χ1) is 22.3. The fourth-order valence-electron chi connectivity index (χ4n) is 6.40. The zero-order valence-electron chi connectivity index (χ0n) is 23.4. The van der Waals surface area contributed by atoms with E-state index in [1.54, 1.807) is 31.0 Å². The second kappa shape index (κ2) is 8.94. The molecule has 0 saturated carbocycles. The van der Waals surface area contributed by atoms with E-state index in [0.29, 0.717) is 23.5 Å². The second-order valence-electron chi connectivity index (χ2n) is 10.6. The Morgan fingerprint density at radius 2 is 0.911 bits per heavy atom. The molecule has 11 heteroatoms. The summed E-state index contributed by atoms with van der Waals surface area (Å²) in [7, 11) is 0. The van der Waals surface area contributed by atoms with Crippen molar-refractivity contribution < 1.29 is 0 Å². The highest BCUT2D eigenvalue weighted by Gasteiger charge is 2.23. The number of nitrogens with zero attached hydrogens (tertiary/aromatic N) is 11. The van der Waals surface area contributed by atoms with Crippen LogP contribution in [0.4, 0.5) is 0 Å². The van der Waals surface area contributed by atoms with Crippen molar-refractivity contribution in [2.45, 2.75) is 0 Å². The zero-order valence-corrected chi connectivity index (χ0v) is 23.4. The first-order valence-electron chi connectivity index (χ1n) is 14.4. The van der Waals surface area contributed by atoms with Crippen LogP contribution in [-0.4, -0.2) is 53.6 Å². The van der Waals surface area contributed by atoms with E-state index in [1.807, 2.05) is 80.6 Å². The van der Waals surface area contributed by atoms with Crippen LogP contribution in [0.2, 0.25) is 0 Å². The number of benzene rings is 1. The summed E-state index contributed by atoms with van der Waals surface area (Å²) in [6.45, 7) is 0. The highest BCUT2D eigenvalue weighted by Crippen LogP contribution is 2.33. The fourth-order valence-corrected chi connectivity index (χ4v) is 6.40. The van der Waals surface area contributed by atoms with E-state index in [-0.39, 0.29) is 0 Å². The van der Waals surface area contributed by atoms with Crippen molar-refractivity contribution >= 4 is 65.9 Å². The lowest BCUT2D eigenvalue weighted by molar-refractivity contribution is 0.841. The zero-order chi connectivity index (χ0) is 29.5. The summed E-state index contributed by atoms with van der Waals surface area (Å²) in [4.78, 5) is 38.8. The summed E-state index contributed by atoms with van der Waals surface area (Å²) < 4.78 is 5.92. The van der Waals surface area contributed by atoms with Gasteiger partial charge in [-0.2, -0.15) is 15.0 Å². The van der Waals surface area contributed by atoms with Crippen LogP contribution < -0.4 is 0 Å². The molecule has 0 atom stereocenters. The number of hydrogen-bond donors (Lipinski definition) is 0. The van der Waals surface area contributed by atoms with Gasteiger partial charge in [0.1, 0.15) is 11.3 Å². The first-order valence-corrected chi connectivity index (χ1v) is 14.4. The van der Waals surface area contributed by atoms with Crippen molar-refractivity contribution in [2.24, 2.45) is 0 Å². The molecule has 9 aromatic heterocycles. The smallest absolute Gasteiger partial charge is 0.242 e. The lowest BCUT2D eigenvalue weighted by Gasteiger charge is -2.13. The number of fused-ring (bicyclic) bond motifs is 9. The lowest BCUT2D eigenvalue weighted by Crippen LogP contribution is -2.13. The highest BCUT2D eigenvalue weighted by atomic mass is 15.3. The predicted molar refractivity (Wildman–Crippen MR) is 172 cm³/mol. The molecule has 0 unspecified atom stereocenters. The van der Waals surface area contributed by atoms with Gasteiger partial charge in [0.25, 0.3) is 0 Å². The van der Waals surface area contributed by atoms with Crippen LogP contribution in [0.3, 0.4) is 0 Å². The second-order valence-corrected chi connectivity index (χ2v) is 10.6. The molecule has 0 bridgehead atoms. The molecule has 0 aliphatic heterocycles. The van der Waals surface area contributed by atoms with Gasteiger partial charge in [-0.25, -0.2) is 9.97 Å². The van der Waals surface area contributed by atoms with Crippen LogP contribution in [0.15, 0.2) is 116 Å². The highest BCUT2D eigenvalue weighted by molar-refractivity contribution is 6.08. The van der Waals surface area contributed by atoms with Crippen LogP contribution in [-0.2, 0) is 0 Å². The Bertz CT molecular complexity index is 2310. The topological polar surface area (TPSA) is 118 Å². The van der Waals surface area contributed by atoms with Crippen molar-refractivity contribution in [3.63, 3.8) is 0 Å². The Kier molecular flexibility index (Phi) is 4.75. The molecule has 0 N–H and O–H groups in total. The van der Waals surface area contributed by atoms with Gasteiger partial charge in [0.15, 0.2) is 0 Å². The third-order valence-corrected chi connectivity index (χ3v) is 8.24. The summed E-state index contributed by atoms with van der Waals surface area (Å²) >= 11 is 0. The van der Waals surface area contributed by atoms with Crippen LogP contribution in [0.1, 0.15) is 0 Å². The third kappa shape index (κ3) is 3.28. The van der Waals surface area contributed by atoms with Crippen LogP contribution in [0.5, 0.6) is 0 Å². The van der Waals surface area contributed by atoms with Crippen molar-refractivity contribution in [3.05, 3.63) is 116 Å². The molecule has 210 valence electrons. The minimum Gasteiger partial charge on any atom is -0.275 e. The molecule has 0 aliphatic rings. The number of hydrogen-bond acceptors (Lipinski definition) is 8. The van der Waals surface area contributed by atoms with Gasteiger partial charge in [-0.3, -0.25) is 28.7 Å². The van der Waals surface area contributed by atoms with Gasteiger partial charge in [0.05, 0.1) is 39.3 Å². The first kappa shape index (κ1) is 23.9. The van der Waals surface area contributed by atoms with Gasteiger partial charge in [0.2, 0.25) is 17.8 Å². The molecule has 0 saturated heterocycles. The van der Waals surface area contributed by atoms with Gasteiger partial charge < -0.3 is 0 Å². The van der Waals surface area contributed by atoms with Gasteiger partial charge in [0, 0.05) is 52.5 Å². The summed E-state index contributed by atoms with van der Waals surface area (Å²) in [5, 5.41) is 3.91. The number of pyridine rings is 5. The number of rotatable bonds is 3. The van der Waals surface area contributed by atoms with Gasteiger partial charge in [-0.05, 0) is 60.7 Å². The molecule has 0 radical (unpaired) electrons. The van der Waals surface area contributed by atoms with Crippen LogP contribution >= 0.6 is 0 Å². The van der Waals surface area contributed by atoms with Crippen molar-refractivity contribution in [1.29, 1.82) is 0 Å². The Morgan fingerprint density at radius 3 is 1.69 bits per heavy atom. The van der Waals surface area contributed by atoms with E-state index in [9.17, 15) is 0 Å². The Labute approximate surface area is 253 Å². The van der Waals surface area contributed by atoms with E-state index >= 15 is 0 Å². The van der Waals surface area contributed by atoms with E-state index in [4.69, 9.17) is 34.9 Å². The average Bonchev–Trinajstić information content (AvgIpc) is 3.74. The van der Waals surface area contributed by atoms with E-state index in [2.05, 4.69) is 23.2 Å². The maximum absolute atomic E-state index is 5.15. The lowest BCUT2D eigenvalue weighted by atomic mass is 10.2. The minimum atomic E-state index is 0.395. The van der Waals surface area contributed by atoms with Gasteiger partial charge in [-0.15, -0.1) is 0 Å². The van der Waals surface area contributed by atoms with Crippen molar-refractivity contribution in [3.8, 4) is 17.8 Å². The molecule has 0 amide bonds. The van der Waals surface area contributed by atoms with E-state index in [1.165, 1.54) is 0 Å². The monoisotopic (exact) mass is 581 g/mol. The van der Waals surface area contributed by atoms with Crippen LogP contribution in [0, 0.1) is 0 Å². The molecule has 0 aliphatic carbocycles. The minimum absolute atomic E-state index is 0.395. The molecular weight excluding hydrogens is 562 g/mol. The van der Waals surface area contributed by atoms with Crippen LogP contribution in [0.25, 0.3) is 83.8 Å². The molecule has 45 heavy (non-hydrogen) atoms. The molecule has 0 spiro atoms.